The minimum Gasteiger partial charge on any atom is -0.465 e. The van der Waals surface area contributed by atoms with Crippen molar-refractivity contribution in [3.63, 3.8) is 0 Å². The molecule has 1 amide bonds. The summed E-state index contributed by atoms with van der Waals surface area (Å²) in [6, 6.07) is 2.41. The van der Waals surface area contributed by atoms with Crippen molar-refractivity contribution >= 4 is 22.9 Å². The maximum absolute atomic E-state index is 11.2. The number of rotatable bonds is 2. The number of carbonyl (C=O) groups is 1. The number of amides is 1. The van der Waals surface area contributed by atoms with Crippen molar-refractivity contribution in [3.05, 3.63) is 18.6 Å². The van der Waals surface area contributed by atoms with E-state index in [2.05, 4.69) is 26.9 Å². The molecule has 0 spiro atoms. The number of carboxylic acid groups (broad SMARTS) is 1. The summed E-state index contributed by atoms with van der Waals surface area (Å²) in [5.41, 5.74) is 0.855. The topological polar surface area (TPSA) is 85.4 Å². The normalized spacial score (nSPS) is 27.2. The van der Waals surface area contributed by atoms with Crippen LogP contribution in [0.1, 0.15) is 19.3 Å². The largest absolute Gasteiger partial charge is 0.465 e. The van der Waals surface area contributed by atoms with Crippen molar-refractivity contribution in [1.29, 1.82) is 0 Å². The number of aromatic amines is 1. The number of hydrogen-bond donors (Lipinski definition) is 2. The molecule has 23 heavy (non-hydrogen) atoms. The van der Waals surface area contributed by atoms with E-state index in [1.165, 1.54) is 0 Å². The summed E-state index contributed by atoms with van der Waals surface area (Å²) in [6.45, 7) is 1.37. The van der Waals surface area contributed by atoms with Crippen molar-refractivity contribution in [2.24, 2.45) is 11.8 Å². The van der Waals surface area contributed by atoms with Crippen LogP contribution in [0.25, 0.3) is 11.0 Å². The summed E-state index contributed by atoms with van der Waals surface area (Å²) in [7, 11) is 2.09. The van der Waals surface area contributed by atoms with Crippen LogP contribution in [-0.4, -0.2) is 57.2 Å². The fraction of sp³-hybridized carbons (Fsp3) is 0.562. The molecule has 1 saturated carbocycles. The number of nitrogens with one attached hydrogen (secondary N) is 1. The second-order valence-electron chi connectivity index (χ2n) is 6.72. The molecule has 0 bridgehead atoms. The predicted molar refractivity (Wildman–Crippen MR) is 86.5 cm³/mol. The van der Waals surface area contributed by atoms with E-state index >= 15 is 0 Å². The molecule has 7 nitrogen and oxygen atoms in total. The Morgan fingerprint density at radius 3 is 3.00 bits per heavy atom. The molecular weight excluding hydrogens is 294 g/mol. The Bertz CT molecular complexity index is 730. The van der Waals surface area contributed by atoms with Gasteiger partial charge in [-0.25, -0.2) is 14.8 Å². The lowest BCUT2D eigenvalue weighted by atomic mass is 9.78. The first-order chi connectivity index (χ1) is 11.1. The van der Waals surface area contributed by atoms with E-state index in [1.807, 2.05) is 12.3 Å². The first kappa shape index (κ1) is 14.3. The molecule has 1 aliphatic carbocycles. The van der Waals surface area contributed by atoms with E-state index < -0.39 is 6.09 Å². The Morgan fingerprint density at radius 2 is 2.17 bits per heavy atom. The molecule has 122 valence electrons. The zero-order valence-corrected chi connectivity index (χ0v) is 13.1. The number of aromatic nitrogens is 3. The van der Waals surface area contributed by atoms with Gasteiger partial charge in [-0.2, -0.15) is 0 Å². The van der Waals surface area contributed by atoms with Gasteiger partial charge in [0.1, 0.15) is 17.8 Å². The summed E-state index contributed by atoms with van der Waals surface area (Å²) in [6.07, 6.45) is 5.90. The lowest BCUT2D eigenvalue weighted by molar-refractivity contribution is 0.153. The molecule has 3 heterocycles. The number of nitrogens with zero attached hydrogens (tertiary/aromatic N) is 4. The van der Waals surface area contributed by atoms with Gasteiger partial charge in [0.15, 0.2) is 0 Å². The number of anilines is 1. The van der Waals surface area contributed by atoms with Gasteiger partial charge in [0, 0.05) is 32.4 Å². The zero-order valence-electron chi connectivity index (χ0n) is 13.1. The first-order valence-corrected chi connectivity index (χ1v) is 8.12. The highest BCUT2D eigenvalue weighted by Gasteiger charge is 2.40. The van der Waals surface area contributed by atoms with E-state index in [0.29, 0.717) is 31.0 Å². The van der Waals surface area contributed by atoms with Crippen LogP contribution in [0, 0.1) is 11.8 Å². The van der Waals surface area contributed by atoms with Crippen LogP contribution in [0.2, 0.25) is 0 Å². The number of likely N-dealkylation sites (tertiary alicyclic amines) is 1. The Labute approximate surface area is 134 Å². The maximum atomic E-state index is 11.2. The van der Waals surface area contributed by atoms with Crippen LogP contribution in [0.3, 0.4) is 0 Å². The summed E-state index contributed by atoms with van der Waals surface area (Å²) in [5.74, 6) is 1.94. The highest BCUT2D eigenvalue weighted by Crippen LogP contribution is 2.39. The minimum atomic E-state index is -0.783. The quantitative estimate of drug-likeness (QED) is 0.887. The number of hydrogen-bond acceptors (Lipinski definition) is 4. The molecule has 2 aromatic rings. The Hall–Kier alpha value is -2.31. The Balaban J connectivity index is 1.53. The second kappa shape index (κ2) is 5.40. The van der Waals surface area contributed by atoms with Crippen LogP contribution >= 0.6 is 0 Å². The maximum Gasteiger partial charge on any atom is 0.407 e. The van der Waals surface area contributed by atoms with Crippen LogP contribution in [0.4, 0.5) is 10.6 Å². The molecule has 7 heteroatoms. The van der Waals surface area contributed by atoms with Crippen LogP contribution in [0.15, 0.2) is 18.6 Å². The highest BCUT2D eigenvalue weighted by atomic mass is 16.4. The fourth-order valence-electron chi connectivity index (χ4n) is 4.23. The first-order valence-electron chi connectivity index (χ1n) is 8.12. The zero-order chi connectivity index (χ0) is 16.0. The van der Waals surface area contributed by atoms with Crippen molar-refractivity contribution < 1.29 is 9.90 Å². The van der Waals surface area contributed by atoms with Crippen molar-refractivity contribution in [3.8, 4) is 0 Å². The van der Waals surface area contributed by atoms with Crippen molar-refractivity contribution in [1.82, 2.24) is 19.9 Å². The minimum absolute atomic E-state index is 0.401. The van der Waals surface area contributed by atoms with Gasteiger partial charge in [-0.3, -0.25) is 0 Å². The van der Waals surface area contributed by atoms with Crippen LogP contribution in [-0.2, 0) is 0 Å². The van der Waals surface area contributed by atoms with Gasteiger partial charge in [-0.05, 0) is 37.2 Å². The van der Waals surface area contributed by atoms with E-state index in [4.69, 9.17) is 0 Å². The summed E-state index contributed by atoms with van der Waals surface area (Å²) < 4.78 is 0. The Kier molecular flexibility index (Phi) is 3.36. The van der Waals surface area contributed by atoms with Gasteiger partial charge in [0.25, 0.3) is 0 Å². The van der Waals surface area contributed by atoms with Gasteiger partial charge in [-0.15, -0.1) is 0 Å². The molecule has 1 aliphatic heterocycles. The number of fused-ring (bicyclic) bond motifs is 2. The van der Waals surface area contributed by atoms with E-state index in [-0.39, 0.29) is 0 Å². The standard InChI is InChI=1S/C16H21N5O2/c1-20(15-13-4-5-17-14(13)18-9-19-15)12-3-2-10-7-21(16(22)23)8-11(10)6-12/h4-5,9-12H,2-3,6-8H2,1H3,(H,22,23)(H,17,18,19)/t10-,11+,12?/m0/s1. The summed E-state index contributed by atoms with van der Waals surface area (Å²) in [5, 5.41) is 10.2. The third kappa shape index (κ3) is 2.40. The van der Waals surface area contributed by atoms with E-state index in [0.717, 1.165) is 36.1 Å². The average Bonchev–Trinajstić information content (AvgIpc) is 3.19. The van der Waals surface area contributed by atoms with Gasteiger partial charge < -0.3 is 19.9 Å². The molecule has 0 radical (unpaired) electrons. The fourth-order valence-corrected chi connectivity index (χ4v) is 4.23. The van der Waals surface area contributed by atoms with E-state index in [9.17, 15) is 9.90 Å². The second-order valence-corrected chi connectivity index (χ2v) is 6.72. The molecule has 2 fully saturated rings. The summed E-state index contributed by atoms with van der Waals surface area (Å²) >= 11 is 0. The van der Waals surface area contributed by atoms with Gasteiger partial charge >= 0.3 is 6.09 Å². The third-order valence-electron chi connectivity index (χ3n) is 5.51. The molecule has 2 aliphatic rings. The molecule has 2 aromatic heterocycles. The summed E-state index contributed by atoms with van der Waals surface area (Å²) in [4.78, 5) is 26.9. The monoisotopic (exact) mass is 315 g/mol. The molecule has 1 unspecified atom stereocenters. The molecule has 3 atom stereocenters. The lowest BCUT2D eigenvalue weighted by Gasteiger charge is -2.37. The van der Waals surface area contributed by atoms with E-state index in [1.54, 1.807) is 11.2 Å². The van der Waals surface area contributed by atoms with Crippen LogP contribution < -0.4 is 4.90 Å². The van der Waals surface area contributed by atoms with Gasteiger partial charge in [0.05, 0.1) is 5.39 Å². The van der Waals surface area contributed by atoms with Crippen LogP contribution in [0.5, 0.6) is 0 Å². The van der Waals surface area contributed by atoms with Gasteiger partial charge in [0.2, 0.25) is 0 Å². The average molecular weight is 315 g/mol. The van der Waals surface area contributed by atoms with Crippen molar-refractivity contribution in [2.45, 2.75) is 25.3 Å². The molecule has 2 N–H and O–H groups in total. The SMILES string of the molecule is CN(c1ncnc2[nH]ccc12)C1CC[C@H]2CN(C(=O)O)C[C@H]2C1. The predicted octanol–water partition coefficient (Wildman–Crippen LogP) is 2.17. The molecule has 4 rings (SSSR count). The Morgan fingerprint density at radius 1 is 1.35 bits per heavy atom. The molecule has 0 aromatic carbocycles. The molecular formula is C16H21N5O2. The smallest absolute Gasteiger partial charge is 0.407 e. The van der Waals surface area contributed by atoms with Crippen molar-refractivity contribution in [2.75, 3.05) is 25.0 Å². The third-order valence-corrected chi connectivity index (χ3v) is 5.51. The lowest BCUT2D eigenvalue weighted by Crippen LogP contribution is -2.39. The molecule has 1 saturated heterocycles. The number of H-pyrrole nitrogens is 1. The van der Waals surface area contributed by atoms with Gasteiger partial charge in [-0.1, -0.05) is 0 Å². The highest BCUT2D eigenvalue weighted by molar-refractivity contribution is 5.87.